The van der Waals surface area contributed by atoms with Crippen LogP contribution < -0.4 is 4.89 Å². The SMILES string of the molecule is C#CC[N+]1(C)CCC(OP(=O)([O-])OCCCCCCCCCCCCCCCC)CC1. The fraction of sp³-hybridized carbons (Fsp3) is 0.920. The number of hydrogen-bond donors (Lipinski definition) is 0. The quantitative estimate of drug-likeness (QED) is 0.100. The van der Waals surface area contributed by atoms with Crippen LogP contribution in [0.25, 0.3) is 0 Å². The molecule has 0 aromatic rings. The van der Waals surface area contributed by atoms with Crippen LogP contribution in [-0.2, 0) is 13.6 Å². The molecule has 6 heteroatoms. The third kappa shape index (κ3) is 15.2. The van der Waals surface area contributed by atoms with Gasteiger partial charge in [-0.25, -0.2) is 0 Å². The molecule has 1 rings (SSSR count). The Balaban J connectivity index is 1.92. The molecule has 0 radical (unpaired) electrons. The van der Waals surface area contributed by atoms with Crippen LogP contribution in [0.5, 0.6) is 0 Å². The Morgan fingerprint density at radius 2 is 1.35 bits per heavy atom. The first kappa shape index (κ1) is 28.7. The Morgan fingerprint density at radius 1 is 0.903 bits per heavy atom. The normalized spacial score (nSPS) is 23.4. The molecule has 31 heavy (non-hydrogen) atoms. The summed E-state index contributed by atoms with van der Waals surface area (Å²) < 4.78 is 23.2. The number of phosphoric ester groups is 1. The predicted octanol–water partition coefficient (Wildman–Crippen LogP) is 6.21. The lowest BCUT2D eigenvalue weighted by Gasteiger charge is -2.40. The van der Waals surface area contributed by atoms with Gasteiger partial charge in [-0.3, -0.25) is 4.57 Å². The predicted molar refractivity (Wildman–Crippen MR) is 128 cm³/mol. The van der Waals surface area contributed by atoms with E-state index in [2.05, 4.69) is 19.9 Å². The second-order valence-corrected chi connectivity index (χ2v) is 11.0. The van der Waals surface area contributed by atoms with E-state index in [0.29, 0.717) is 19.4 Å². The number of quaternary nitrogens is 1. The second kappa shape index (κ2) is 17.2. The fourth-order valence-corrected chi connectivity index (χ4v) is 5.33. The summed E-state index contributed by atoms with van der Waals surface area (Å²) in [4.78, 5) is 12.1. The van der Waals surface area contributed by atoms with Gasteiger partial charge >= 0.3 is 0 Å². The summed E-state index contributed by atoms with van der Waals surface area (Å²) in [5.74, 6) is 2.70. The number of hydrogen-bond acceptors (Lipinski definition) is 4. The Morgan fingerprint density at radius 3 is 1.81 bits per heavy atom. The summed E-state index contributed by atoms with van der Waals surface area (Å²) in [6, 6.07) is 0. The van der Waals surface area contributed by atoms with Crippen LogP contribution in [0, 0.1) is 12.3 Å². The fourth-order valence-electron chi connectivity index (χ4n) is 4.34. The lowest BCUT2D eigenvalue weighted by Crippen LogP contribution is -2.51. The summed E-state index contributed by atoms with van der Waals surface area (Å²) in [6.45, 7) is 4.86. The summed E-state index contributed by atoms with van der Waals surface area (Å²) in [5, 5.41) is 0. The highest BCUT2D eigenvalue weighted by atomic mass is 31.2. The number of rotatable bonds is 19. The van der Waals surface area contributed by atoms with Crippen LogP contribution in [-0.4, -0.2) is 43.9 Å². The Hall–Kier alpha value is -0.370. The van der Waals surface area contributed by atoms with Crippen LogP contribution in [0.2, 0.25) is 0 Å². The van der Waals surface area contributed by atoms with Gasteiger partial charge in [0.25, 0.3) is 7.82 Å². The molecule has 1 aliphatic heterocycles. The van der Waals surface area contributed by atoms with E-state index in [-0.39, 0.29) is 12.7 Å². The molecule has 1 fully saturated rings. The van der Waals surface area contributed by atoms with Gasteiger partial charge in [-0.2, -0.15) is 0 Å². The van der Waals surface area contributed by atoms with E-state index in [1.165, 1.54) is 70.6 Å². The first-order chi connectivity index (χ1) is 14.9. The third-order valence-electron chi connectivity index (χ3n) is 6.48. The molecule has 0 aliphatic carbocycles. The lowest BCUT2D eigenvalue weighted by atomic mass is 10.0. The van der Waals surface area contributed by atoms with Crippen LogP contribution >= 0.6 is 7.82 Å². The third-order valence-corrected chi connectivity index (χ3v) is 7.54. The molecule has 0 N–H and O–H groups in total. The molecule has 0 amide bonds. The van der Waals surface area contributed by atoms with Gasteiger partial charge in [0.2, 0.25) is 0 Å². The Labute approximate surface area is 192 Å². The van der Waals surface area contributed by atoms with Crippen LogP contribution in [0.15, 0.2) is 0 Å². The number of nitrogens with zero attached hydrogens (tertiary/aromatic N) is 1. The zero-order valence-corrected chi connectivity index (χ0v) is 21.2. The van der Waals surface area contributed by atoms with Crippen molar-refractivity contribution in [1.82, 2.24) is 0 Å². The maximum absolute atomic E-state index is 12.1. The highest BCUT2D eigenvalue weighted by molar-refractivity contribution is 7.45. The largest absolute Gasteiger partial charge is 0.756 e. The lowest BCUT2D eigenvalue weighted by molar-refractivity contribution is -0.908. The van der Waals surface area contributed by atoms with Gasteiger partial charge in [0.05, 0.1) is 32.8 Å². The van der Waals surface area contributed by atoms with Crippen molar-refractivity contribution in [3.05, 3.63) is 0 Å². The van der Waals surface area contributed by atoms with Gasteiger partial charge in [0.1, 0.15) is 6.54 Å². The average Bonchev–Trinajstić information content (AvgIpc) is 2.73. The first-order valence-corrected chi connectivity index (χ1v) is 14.3. The van der Waals surface area contributed by atoms with E-state index < -0.39 is 7.82 Å². The Bertz CT molecular complexity index is 526. The summed E-state index contributed by atoms with van der Waals surface area (Å²) in [5.41, 5.74) is 0. The van der Waals surface area contributed by atoms with Crippen molar-refractivity contribution in [2.75, 3.05) is 33.3 Å². The molecule has 1 aliphatic rings. The monoisotopic (exact) mass is 457 g/mol. The van der Waals surface area contributed by atoms with E-state index in [1.807, 2.05) is 0 Å². The molecule has 0 bridgehead atoms. The highest BCUT2D eigenvalue weighted by Gasteiger charge is 2.31. The number of unbranched alkanes of at least 4 members (excludes halogenated alkanes) is 13. The van der Waals surface area contributed by atoms with Crippen LogP contribution in [0.4, 0.5) is 0 Å². The van der Waals surface area contributed by atoms with Gasteiger partial charge in [-0.05, 0) is 12.3 Å². The molecular weight excluding hydrogens is 409 g/mol. The molecule has 5 nitrogen and oxygen atoms in total. The molecule has 0 aromatic heterocycles. The zero-order chi connectivity index (χ0) is 22.8. The second-order valence-electron chi connectivity index (χ2n) is 9.61. The molecule has 1 atom stereocenters. The average molecular weight is 458 g/mol. The van der Waals surface area contributed by atoms with E-state index >= 15 is 0 Å². The summed E-state index contributed by atoms with van der Waals surface area (Å²) in [7, 11) is -2.09. The molecule has 0 spiro atoms. The van der Waals surface area contributed by atoms with Crippen molar-refractivity contribution in [3.63, 3.8) is 0 Å². The minimum absolute atomic E-state index is 0.233. The van der Waals surface area contributed by atoms with Gasteiger partial charge in [-0.1, -0.05) is 90.4 Å². The van der Waals surface area contributed by atoms with Crippen LogP contribution in [0.1, 0.15) is 110 Å². The minimum atomic E-state index is -4.20. The van der Waals surface area contributed by atoms with Crippen molar-refractivity contribution in [2.24, 2.45) is 0 Å². The molecular formula is C25H48NO4P. The summed E-state index contributed by atoms with van der Waals surface area (Å²) >= 11 is 0. The number of likely N-dealkylation sites (tertiary alicyclic amines) is 1. The van der Waals surface area contributed by atoms with Gasteiger partial charge < -0.3 is 18.4 Å². The minimum Gasteiger partial charge on any atom is -0.756 e. The van der Waals surface area contributed by atoms with Gasteiger partial charge in [0.15, 0.2) is 0 Å². The molecule has 0 saturated carbocycles. The van der Waals surface area contributed by atoms with Crippen molar-refractivity contribution < 1.29 is 23.0 Å². The van der Waals surface area contributed by atoms with Crippen molar-refractivity contribution >= 4 is 7.82 Å². The number of phosphoric acid groups is 1. The van der Waals surface area contributed by atoms with Crippen LogP contribution in [0.3, 0.4) is 0 Å². The first-order valence-electron chi connectivity index (χ1n) is 12.8. The number of piperidine rings is 1. The van der Waals surface area contributed by atoms with E-state index in [0.717, 1.165) is 36.8 Å². The van der Waals surface area contributed by atoms with E-state index in [1.54, 1.807) is 0 Å². The molecule has 1 heterocycles. The van der Waals surface area contributed by atoms with Crippen molar-refractivity contribution in [1.29, 1.82) is 0 Å². The van der Waals surface area contributed by atoms with E-state index in [9.17, 15) is 9.46 Å². The Kier molecular flexibility index (Phi) is 15.9. The highest BCUT2D eigenvalue weighted by Crippen LogP contribution is 2.42. The van der Waals surface area contributed by atoms with Crippen molar-refractivity contribution in [3.8, 4) is 12.3 Å². The molecule has 1 unspecified atom stereocenters. The topological polar surface area (TPSA) is 58.6 Å². The molecule has 182 valence electrons. The number of terminal acetylenes is 1. The van der Waals surface area contributed by atoms with Crippen molar-refractivity contribution in [2.45, 2.75) is 116 Å². The van der Waals surface area contributed by atoms with E-state index in [4.69, 9.17) is 15.5 Å². The van der Waals surface area contributed by atoms with Gasteiger partial charge in [-0.15, -0.1) is 6.42 Å². The standard InChI is InChI=1S/C25H48NO4P/c1-4-6-7-8-9-10-11-12-13-14-15-16-17-18-24-29-31(27,28)30-25-19-22-26(3,21-5-2)23-20-25/h2,25H,4,6-24H2,1,3H3. The molecule has 0 aromatic carbocycles. The molecule has 1 saturated heterocycles. The smallest absolute Gasteiger partial charge is 0.268 e. The maximum Gasteiger partial charge on any atom is 0.268 e. The maximum atomic E-state index is 12.1. The van der Waals surface area contributed by atoms with Gasteiger partial charge in [0, 0.05) is 12.8 Å². The zero-order valence-electron chi connectivity index (χ0n) is 20.3. The summed E-state index contributed by atoms with van der Waals surface area (Å²) in [6.07, 6.45) is 24.4.